The van der Waals surface area contributed by atoms with Gasteiger partial charge in [0.15, 0.2) is 0 Å². The van der Waals surface area contributed by atoms with E-state index in [0.717, 1.165) is 18.8 Å². The highest BCUT2D eigenvalue weighted by Gasteiger charge is 2.31. The van der Waals surface area contributed by atoms with Gasteiger partial charge >= 0.3 is 0 Å². The molecule has 0 amide bonds. The molecule has 3 atom stereocenters. The number of nitrogens with zero attached hydrogens (tertiary/aromatic N) is 1. The van der Waals surface area contributed by atoms with Crippen LogP contribution < -0.4 is 10.5 Å². The highest BCUT2D eigenvalue weighted by atomic mass is 16.5. The lowest BCUT2D eigenvalue weighted by molar-refractivity contribution is 0.0686. The van der Waals surface area contributed by atoms with Crippen LogP contribution in [0.15, 0.2) is 24.3 Å². The molecule has 1 aliphatic heterocycles. The van der Waals surface area contributed by atoms with Crippen molar-refractivity contribution in [2.24, 2.45) is 5.73 Å². The van der Waals surface area contributed by atoms with Gasteiger partial charge in [-0.15, -0.1) is 0 Å². The van der Waals surface area contributed by atoms with Crippen molar-refractivity contribution in [1.82, 2.24) is 4.90 Å². The van der Waals surface area contributed by atoms with E-state index >= 15 is 0 Å². The molecule has 3 unspecified atom stereocenters. The van der Waals surface area contributed by atoms with Crippen molar-refractivity contribution >= 4 is 0 Å². The number of likely N-dealkylation sites (N-methyl/N-ethyl adjacent to an activating group) is 1. The molecule has 0 aromatic heterocycles. The topological polar surface area (TPSA) is 47.7 Å². The highest BCUT2D eigenvalue weighted by molar-refractivity contribution is 5.31. The van der Waals surface area contributed by atoms with Crippen LogP contribution in [-0.2, 0) is 4.74 Å². The number of rotatable bonds is 5. The van der Waals surface area contributed by atoms with E-state index in [9.17, 15) is 0 Å². The fourth-order valence-corrected chi connectivity index (χ4v) is 2.87. The van der Waals surface area contributed by atoms with Crippen molar-refractivity contribution in [2.75, 3.05) is 27.3 Å². The zero-order valence-electron chi connectivity index (χ0n) is 12.0. The minimum atomic E-state index is 0.198. The van der Waals surface area contributed by atoms with E-state index in [1.807, 2.05) is 12.1 Å². The quantitative estimate of drug-likeness (QED) is 0.881. The summed E-state index contributed by atoms with van der Waals surface area (Å²) < 4.78 is 10.9. The molecular formula is C15H24N2O2. The van der Waals surface area contributed by atoms with Crippen molar-refractivity contribution in [1.29, 1.82) is 0 Å². The summed E-state index contributed by atoms with van der Waals surface area (Å²) in [5.74, 6) is 0.875. The fourth-order valence-electron chi connectivity index (χ4n) is 2.87. The van der Waals surface area contributed by atoms with Crippen molar-refractivity contribution < 1.29 is 9.47 Å². The van der Waals surface area contributed by atoms with Crippen molar-refractivity contribution in [3.8, 4) is 5.75 Å². The maximum atomic E-state index is 5.99. The van der Waals surface area contributed by atoms with Crippen LogP contribution in [-0.4, -0.2) is 44.4 Å². The molecule has 0 bridgehead atoms. The highest BCUT2D eigenvalue weighted by Crippen LogP contribution is 2.28. The summed E-state index contributed by atoms with van der Waals surface area (Å²) in [6, 6.07) is 8.77. The van der Waals surface area contributed by atoms with Crippen LogP contribution in [0, 0.1) is 0 Å². The molecule has 1 fully saturated rings. The lowest BCUT2D eigenvalue weighted by atomic mass is 10.0. The molecule has 4 heteroatoms. The third kappa shape index (κ3) is 3.08. The second kappa shape index (κ2) is 6.37. The van der Waals surface area contributed by atoms with Gasteiger partial charge in [-0.25, -0.2) is 0 Å². The van der Waals surface area contributed by atoms with Gasteiger partial charge in [-0.1, -0.05) is 12.1 Å². The van der Waals surface area contributed by atoms with Crippen LogP contribution in [0.1, 0.15) is 24.9 Å². The standard InChI is InChI=1S/C15H24N2O2/c1-11-14(7-8-19-11)17(2)15(10-16)12-5-4-6-13(9-12)18-3/h4-6,9,11,14-15H,7-8,10,16H2,1-3H3. The van der Waals surface area contributed by atoms with Crippen LogP contribution >= 0.6 is 0 Å². The Morgan fingerprint density at radius 2 is 2.32 bits per heavy atom. The normalized spacial score (nSPS) is 24.7. The van der Waals surface area contributed by atoms with E-state index in [1.165, 1.54) is 5.56 Å². The van der Waals surface area contributed by atoms with Gasteiger partial charge in [0.2, 0.25) is 0 Å². The number of nitrogens with two attached hydrogens (primary N) is 1. The molecule has 0 aliphatic carbocycles. The summed E-state index contributed by atoms with van der Waals surface area (Å²) in [7, 11) is 3.82. The third-order valence-corrected chi connectivity index (χ3v) is 4.05. The van der Waals surface area contributed by atoms with Crippen LogP contribution in [0.4, 0.5) is 0 Å². The molecule has 0 saturated carbocycles. The first-order chi connectivity index (χ1) is 9.17. The zero-order chi connectivity index (χ0) is 13.8. The van der Waals surface area contributed by atoms with Crippen molar-refractivity contribution in [2.45, 2.75) is 31.5 Å². The van der Waals surface area contributed by atoms with Gasteiger partial charge in [0.05, 0.1) is 13.2 Å². The first kappa shape index (κ1) is 14.3. The molecule has 4 nitrogen and oxygen atoms in total. The number of benzene rings is 1. The molecule has 1 aliphatic rings. The minimum Gasteiger partial charge on any atom is -0.497 e. The van der Waals surface area contributed by atoms with Crippen molar-refractivity contribution in [3.05, 3.63) is 29.8 Å². The third-order valence-electron chi connectivity index (χ3n) is 4.05. The average Bonchev–Trinajstić information content (AvgIpc) is 2.86. The van der Waals surface area contributed by atoms with Gasteiger partial charge in [-0.3, -0.25) is 4.90 Å². The molecule has 0 spiro atoms. The van der Waals surface area contributed by atoms with Crippen LogP contribution in [0.2, 0.25) is 0 Å². The minimum absolute atomic E-state index is 0.198. The summed E-state index contributed by atoms with van der Waals surface area (Å²) in [5.41, 5.74) is 7.18. The SMILES string of the molecule is COc1cccc(C(CN)N(C)C2CCOC2C)c1. The lowest BCUT2D eigenvalue weighted by Gasteiger charge is -2.34. The summed E-state index contributed by atoms with van der Waals surface area (Å²) in [6.45, 7) is 3.56. The largest absolute Gasteiger partial charge is 0.497 e. The molecule has 1 saturated heterocycles. The Kier molecular flexibility index (Phi) is 4.80. The lowest BCUT2D eigenvalue weighted by Crippen LogP contribution is -2.42. The van der Waals surface area contributed by atoms with E-state index in [1.54, 1.807) is 7.11 Å². The van der Waals surface area contributed by atoms with Gasteiger partial charge < -0.3 is 15.2 Å². The Morgan fingerprint density at radius 3 is 2.89 bits per heavy atom. The number of hydrogen-bond donors (Lipinski definition) is 1. The number of hydrogen-bond acceptors (Lipinski definition) is 4. The second-order valence-corrected chi connectivity index (χ2v) is 5.13. The predicted molar refractivity (Wildman–Crippen MR) is 76.4 cm³/mol. The van der Waals surface area contributed by atoms with Crippen LogP contribution in [0.5, 0.6) is 5.75 Å². The Morgan fingerprint density at radius 1 is 1.53 bits per heavy atom. The fraction of sp³-hybridized carbons (Fsp3) is 0.600. The van der Waals surface area contributed by atoms with Crippen molar-refractivity contribution in [3.63, 3.8) is 0 Å². The molecule has 1 aromatic carbocycles. The van der Waals surface area contributed by atoms with E-state index in [0.29, 0.717) is 12.6 Å². The second-order valence-electron chi connectivity index (χ2n) is 5.13. The Labute approximate surface area is 115 Å². The number of ether oxygens (including phenoxy) is 2. The van der Waals surface area contributed by atoms with Gasteiger partial charge in [-0.2, -0.15) is 0 Å². The average molecular weight is 264 g/mol. The molecule has 0 radical (unpaired) electrons. The molecule has 2 rings (SSSR count). The van der Waals surface area contributed by atoms with Gasteiger partial charge in [0.25, 0.3) is 0 Å². The summed E-state index contributed by atoms with van der Waals surface area (Å²) >= 11 is 0. The van der Waals surface area contributed by atoms with E-state index < -0.39 is 0 Å². The molecule has 2 N–H and O–H groups in total. The number of methoxy groups -OCH3 is 1. The van der Waals surface area contributed by atoms with E-state index in [2.05, 4.69) is 31.0 Å². The Bertz CT molecular complexity index is 411. The molecule has 106 valence electrons. The van der Waals surface area contributed by atoms with E-state index in [-0.39, 0.29) is 12.1 Å². The first-order valence-corrected chi connectivity index (χ1v) is 6.85. The maximum Gasteiger partial charge on any atom is 0.119 e. The van der Waals surface area contributed by atoms with Gasteiger partial charge in [0, 0.05) is 25.2 Å². The maximum absolute atomic E-state index is 5.99. The molecule has 1 aromatic rings. The predicted octanol–water partition coefficient (Wildman–Crippen LogP) is 1.80. The molecular weight excluding hydrogens is 240 g/mol. The van der Waals surface area contributed by atoms with Gasteiger partial charge in [-0.05, 0) is 38.1 Å². The summed E-state index contributed by atoms with van der Waals surface area (Å²) in [5, 5.41) is 0. The Balaban J connectivity index is 2.18. The Hall–Kier alpha value is -1.10. The molecule has 19 heavy (non-hydrogen) atoms. The monoisotopic (exact) mass is 264 g/mol. The summed E-state index contributed by atoms with van der Waals surface area (Å²) in [6.07, 6.45) is 1.34. The smallest absolute Gasteiger partial charge is 0.119 e. The van der Waals surface area contributed by atoms with Crippen LogP contribution in [0.25, 0.3) is 0 Å². The summed E-state index contributed by atoms with van der Waals surface area (Å²) in [4.78, 5) is 2.34. The zero-order valence-corrected chi connectivity index (χ0v) is 12.0. The molecule has 1 heterocycles. The first-order valence-electron chi connectivity index (χ1n) is 6.85. The van der Waals surface area contributed by atoms with E-state index in [4.69, 9.17) is 15.2 Å². The van der Waals surface area contributed by atoms with Crippen LogP contribution in [0.3, 0.4) is 0 Å². The van der Waals surface area contributed by atoms with Gasteiger partial charge in [0.1, 0.15) is 5.75 Å².